The van der Waals surface area contributed by atoms with Crippen LogP contribution in [0.15, 0.2) is 59.0 Å². The van der Waals surface area contributed by atoms with Crippen molar-refractivity contribution in [2.45, 2.75) is 26.2 Å². The Morgan fingerprint density at radius 2 is 1.79 bits per heavy atom. The van der Waals surface area contributed by atoms with Crippen molar-refractivity contribution in [2.75, 3.05) is 65.6 Å². The van der Waals surface area contributed by atoms with Gasteiger partial charge in [0.05, 0.1) is 12.3 Å². The maximum atomic E-state index is 6.33. The Balaban J connectivity index is 1.28. The molecule has 33 heavy (non-hydrogen) atoms. The van der Waals surface area contributed by atoms with Crippen molar-refractivity contribution in [1.29, 1.82) is 0 Å². The van der Waals surface area contributed by atoms with Gasteiger partial charge in [0.2, 0.25) is 0 Å². The molecule has 0 radical (unpaired) electrons. The molecule has 0 unspecified atom stereocenters. The van der Waals surface area contributed by atoms with Gasteiger partial charge in [-0.05, 0) is 25.5 Å². The van der Waals surface area contributed by atoms with Crippen LogP contribution in [0.5, 0.6) is 5.75 Å². The molecule has 5 rings (SSSR count). The molecule has 6 nitrogen and oxygen atoms in total. The summed E-state index contributed by atoms with van der Waals surface area (Å²) in [5.74, 6) is 2.99. The zero-order valence-electron chi connectivity index (χ0n) is 19.8. The predicted molar refractivity (Wildman–Crippen MR) is 133 cm³/mol. The highest BCUT2D eigenvalue weighted by Gasteiger charge is 2.24. The van der Waals surface area contributed by atoms with E-state index in [4.69, 9.17) is 14.5 Å². The molecular weight excluding hydrogens is 412 g/mol. The molecule has 0 amide bonds. The fraction of sp³-hybridized carbons (Fsp3) is 0.519. The van der Waals surface area contributed by atoms with E-state index in [-0.39, 0.29) is 0 Å². The first kappa shape index (κ1) is 22.4. The summed E-state index contributed by atoms with van der Waals surface area (Å²) in [5.41, 5.74) is 3.50. The van der Waals surface area contributed by atoms with Crippen molar-refractivity contribution in [3.63, 3.8) is 0 Å². The second-order valence-electron chi connectivity index (χ2n) is 9.36. The van der Waals surface area contributed by atoms with Gasteiger partial charge in [0.1, 0.15) is 17.3 Å². The van der Waals surface area contributed by atoms with E-state index in [0.717, 1.165) is 102 Å². The lowest BCUT2D eigenvalue weighted by molar-refractivity contribution is 0.131. The summed E-state index contributed by atoms with van der Waals surface area (Å²) in [4.78, 5) is 12.8. The molecule has 0 saturated carbocycles. The number of amidine groups is 1. The normalized spacial score (nSPS) is 22.5. The van der Waals surface area contributed by atoms with E-state index < -0.39 is 0 Å². The van der Waals surface area contributed by atoms with Gasteiger partial charge in [0.25, 0.3) is 0 Å². The fourth-order valence-corrected chi connectivity index (χ4v) is 4.94. The number of allylic oxidation sites excluding steroid dienone is 4. The number of fused-ring (bicyclic) bond motifs is 1. The van der Waals surface area contributed by atoms with Crippen LogP contribution in [-0.2, 0) is 11.2 Å². The van der Waals surface area contributed by atoms with E-state index in [2.05, 4.69) is 52.0 Å². The van der Waals surface area contributed by atoms with Gasteiger partial charge in [-0.2, -0.15) is 0 Å². The molecule has 4 aliphatic rings. The van der Waals surface area contributed by atoms with Crippen LogP contribution in [0.2, 0.25) is 0 Å². The Morgan fingerprint density at radius 1 is 0.939 bits per heavy atom. The van der Waals surface area contributed by atoms with Gasteiger partial charge >= 0.3 is 0 Å². The molecule has 0 aromatic heterocycles. The number of aryl methyl sites for hydroxylation is 1. The summed E-state index contributed by atoms with van der Waals surface area (Å²) in [6.45, 7) is 12.7. The zero-order chi connectivity index (χ0) is 22.5. The molecule has 1 aromatic rings. The molecule has 6 heteroatoms. The molecule has 0 bridgehead atoms. The molecular formula is C27H36N4O2. The lowest BCUT2D eigenvalue weighted by Gasteiger charge is -2.38. The van der Waals surface area contributed by atoms with Gasteiger partial charge in [0.15, 0.2) is 0 Å². The SMILES string of the molecule is Cc1ccc2c(c1)CC(N1CCN(CCN3CCCOCC3)CC1)=NC1=C(C=CC=CC1)O2. The van der Waals surface area contributed by atoms with Crippen LogP contribution < -0.4 is 4.74 Å². The molecule has 0 spiro atoms. The summed E-state index contributed by atoms with van der Waals surface area (Å²) in [5, 5.41) is 0. The third kappa shape index (κ3) is 5.75. The molecule has 0 atom stereocenters. The van der Waals surface area contributed by atoms with Gasteiger partial charge in [-0.15, -0.1) is 0 Å². The Hall–Kier alpha value is -2.41. The lowest BCUT2D eigenvalue weighted by Crippen LogP contribution is -2.51. The first-order valence-corrected chi connectivity index (χ1v) is 12.4. The summed E-state index contributed by atoms with van der Waals surface area (Å²) in [7, 11) is 0. The van der Waals surface area contributed by atoms with Crippen LogP contribution in [0.4, 0.5) is 0 Å². The van der Waals surface area contributed by atoms with Crippen LogP contribution >= 0.6 is 0 Å². The number of nitrogens with zero attached hydrogens (tertiary/aromatic N) is 4. The molecule has 3 heterocycles. The predicted octanol–water partition coefficient (Wildman–Crippen LogP) is 3.40. The Labute approximate surface area is 197 Å². The van der Waals surface area contributed by atoms with Gasteiger partial charge in [-0.3, -0.25) is 9.80 Å². The van der Waals surface area contributed by atoms with Crippen molar-refractivity contribution in [3.8, 4) is 5.75 Å². The highest BCUT2D eigenvalue weighted by molar-refractivity contribution is 5.86. The number of ether oxygens (including phenoxy) is 2. The highest BCUT2D eigenvalue weighted by atomic mass is 16.5. The Bertz CT molecular complexity index is 949. The third-order valence-corrected chi connectivity index (χ3v) is 6.92. The second-order valence-corrected chi connectivity index (χ2v) is 9.36. The quantitative estimate of drug-likeness (QED) is 0.709. The smallest absolute Gasteiger partial charge is 0.149 e. The molecule has 3 aliphatic heterocycles. The van der Waals surface area contributed by atoms with Crippen molar-refractivity contribution in [3.05, 3.63) is 65.1 Å². The van der Waals surface area contributed by atoms with Gasteiger partial charge in [-0.25, -0.2) is 4.99 Å². The summed E-state index contributed by atoms with van der Waals surface area (Å²) in [6.07, 6.45) is 11.1. The van der Waals surface area contributed by atoms with Gasteiger partial charge in [-0.1, -0.05) is 35.9 Å². The number of piperazine rings is 1. The van der Waals surface area contributed by atoms with Crippen molar-refractivity contribution in [2.24, 2.45) is 4.99 Å². The molecule has 0 N–H and O–H groups in total. The summed E-state index contributed by atoms with van der Waals surface area (Å²) >= 11 is 0. The van der Waals surface area contributed by atoms with E-state index in [1.165, 1.54) is 17.0 Å². The van der Waals surface area contributed by atoms with E-state index in [1.807, 2.05) is 12.2 Å². The number of aliphatic imine (C=N–C) groups is 1. The average molecular weight is 449 g/mol. The van der Waals surface area contributed by atoms with Crippen molar-refractivity contribution >= 4 is 5.84 Å². The van der Waals surface area contributed by atoms with E-state index in [1.54, 1.807) is 0 Å². The Morgan fingerprint density at radius 3 is 2.67 bits per heavy atom. The minimum atomic E-state index is 0.798. The third-order valence-electron chi connectivity index (χ3n) is 6.92. The zero-order valence-corrected chi connectivity index (χ0v) is 19.8. The molecule has 2 fully saturated rings. The van der Waals surface area contributed by atoms with Crippen LogP contribution in [0.1, 0.15) is 24.0 Å². The maximum Gasteiger partial charge on any atom is 0.149 e. The first-order valence-electron chi connectivity index (χ1n) is 12.4. The van der Waals surface area contributed by atoms with E-state index >= 15 is 0 Å². The van der Waals surface area contributed by atoms with Crippen LogP contribution in [0.25, 0.3) is 0 Å². The van der Waals surface area contributed by atoms with Crippen LogP contribution in [0, 0.1) is 6.92 Å². The topological polar surface area (TPSA) is 40.5 Å². The second kappa shape index (κ2) is 10.7. The number of hydrogen-bond donors (Lipinski definition) is 0. The maximum absolute atomic E-state index is 6.33. The standard InChI is InChI=1S/C27H36N4O2/c1-22-8-9-25-23(20-22)21-27(28-24-6-3-2-4-7-26(24)33-25)31-15-13-30(14-16-31)12-11-29-10-5-18-32-19-17-29/h2-4,7-9,20H,5-6,10-19,21H2,1H3. The average Bonchev–Trinajstić information content (AvgIpc) is 3.21. The monoisotopic (exact) mass is 448 g/mol. The van der Waals surface area contributed by atoms with Crippen LogP contribution in [-0.4, -0.2) is 86.1 Å². The van der Waals surface area contributed by atoms with Crippen molar-refractivity contribution < 1.29 is 9.47 Å². The summed E-state index contributed by atoms with van der Waals surface area (Å²) < 4.78 is 11.9. The van der Waals surface area contributed by atoms with Gasteiger partial charge < -0.3 is 14.4 Å². The first-order chi connectivity index (χ1) is 16.2. The van der Waals surface area contributed by atoms with E-state index in [0.29, 0.717) is 0 Å². The van der Waals surface area contributed by atoms with Crippen LogP contribution in [0.3, 0.4) is 0 Å². The molecule has 2 saturated heterocycles. The molecule has 176 valence electrons. The highest BCUT2D eigenvalue weighted by Crippen LogP contribution is 2.29. The van der Waals surface area contributed by atoms with Gasteiger partial charge in [0, 0.05) is 77.4 Å². The fourth-order valence-electron chi connectivity index (χ4n) is 4.94. The minimum Gasteiger partial charge on any atom is -0.455 e. The number of rotatable bonds is 3. The molecule has 1 aromatic carbocycles. The summed E-state index contributed by atoms with van der Waals surface area (Å²) in [6, 6.07) is 6.48. The number of hydrogen-bond acceptors (Lipinski definition) is 6. The van der Waals surface area contributed by atoms with Crippen molar-refractivity contribution in [1.82, 2.24) is 14.7 Å². The van der Waals surface area contributed by atoms with E-state index in [9.17, 15) is 0 Å². The number of benzene rings is 1. The Kier molecular flexibility index (Phi) is 7.24. The molecule has 1 aliphatic carbocycles. The lowest BCUT2D eigenvalue weighted by atomic mass is 10.0. The largest absolute Gasteiger partial charge is 0.455 e. The minimum absolute atomic E-state index is 0.798.